The minimum absolute atomic E-state index is 0.153. The first-order chi connectivity index (χ1) is 8.91. The van der Waals surface area contributed by atoms with Gasteiger partial charge in [-0.3, -0.25) is 4.79 Å². The standard InChI is InChI=1S/C18H36O2/c1-14(13-18(5,6)7)10-11-15(16(19)20)9-8-12-17(2,3)4/h14-15H,8-13H2,1-7H3,(H,19,20). The van der Waals surface area contributed by atoms with Crippen molar-refractivity contribution in [3.05, 3.63) is 0 Å². The Hall–Kier alpha value is -0.530. The van der Waals surface area contributed by atoms with E-state index in [-0.39, 0.29) is 5.92 Å². The molecule has 0 spiro atoms. The highest BCUT2D eigenvalue weighted by atomic mass is 16.4. The van der Waals surface area contributed by atoms with Crippen molar-refractivity contribution in [3.63, 3.8) is 0 Å². The van der Waals surface area contributed by atoms with E-state index in [4.69, 9.17) is 0 Å². The molecule has 2 unspecified atom stereocenters. The number of hydrogen-bond donors (Lipinski definition) is 1. The second kappa shape index (κ2) is 8.05. The normalized spacial score (nSPS) is 15.9. The molecule has 120 valence electrons. The molecule has 0 saturated carbocycles. The Morgan fingerprint density at radius 2 is 1.50 bits per heavy atom. The van der Waals surface area contributed by atoms with Crippen molar-refractivity contribution < 1.29 is 9.90 Å². The van der Waals surface area contributed by atoms with Crippen LogP contribution in [0.3, 0.4) is 0 Å². The zero-order chi connectivity index (χ0) is 16.0. The van der Waals surface area contributed by atoms with Crippen molar-refractivity contribution in [2.75, 3.05) is 0 Å². The fraction of sp³-hybridized carbons (Fsp3) is 0.944. The lowest BCUT2D eigenvalue weighted by atomic mass is 9.81. The van der Waals surface area contributed by atoms with E-state index >= 15 is 0 Å². The van der Waals surface area contributed by atoms with Crippen molar-refractivity contribution >= 4 is 5.97 Å². The first-order valence-corrected chi connectivity index (χ1v) is 8.13. The zero-order valence-electron chi connectivity index (χ0n) is 14.8. The van der Waals surface area contributed by atoms with Crippen molar-refractivity contribution in [2.45, 2.75) is 87.0 Å². The lowest BCUT2D eigenvalue weighted by Gasteiger charge is -2.24. The summed E-state index contributed by atoms with van der Waals surface area (Å²) in [4.78, 5) is 11.4. The summed E-state index contributed by atoms with van der Waals surface area (Å²) in [5.41, 5.74) is 0.646. The van der Waals surface area contributed by atoms with Crippen molar-refractivity contribution in [1.82, 2.24) is 0 Å². The maximum absolute atomic E-state index is 11.4. The number of aliphatic carboxylic acids is 1. The molecule has 0 heterocycles. The molecule has 2 heteroatoms. The molecule has 0 fully saturated rings. The molecule has 0 radical (unpaired) electrons. The van der Waals surface area contributed by atoms with Crippen LogP contribution in [-0.4, -0.2) is 11.1 Å². The molecule has 2 atom stereocenters. The average Bonchev–Trinajstić information content (AvgIpc) is 2.18. The van der Waals surface area contributed by atoms with Gasteiger partial charge in [0.1, 0.15) is 0 Å². The van der Waals surface area contributed by atoms with Gasteiger partial charge in [-0.15, -0.1) is 0 Å². The van der Waals surface area contributed by atoms with Crippen molar-refractivity contribution in [3.8, 4) is 0 Å². The van der Waals surface area contributed by atoms with Crippen LogP contribution in [0, 0.1) is 22.7 Å². The van der Waals surface area contributed by atoms with Gasteiger partial charge in [-0.05, 0) is 48.9 Å². The molecule has 0 aliphatic carbocycles. The maximum atomic E-state index is 11.4. The van der Waals surface area contributed by atoms with E-state index in [1.807, 2.05) is 0 Å². The molecule has 0 aliphatic heterocycles. The van der Waals surface area contributed by atoms with Crippen LogP contribution in [0.25, 0.3) is 0 Å². The topological polar surface area (TPSA) is 37.3 Å². The van der Waals surface area contributed by atoms with Crippen LogP contribution in [0.1, 0.15) is 87.0 Å². The molecular formula is C18H36O2. The highest BCUT2D eigenvalue weighted by Gasteiger charge is 2.21. The first kappa shape index (κ1) is 19.5. The van der Waals surface area contributed by atoms with Gasteiger partial charge in [-0.2, -0.15) is 0 Å². The molecule has 0 aromatic heterocycles. The summed E-state index contributed by atoms with van der Waals surface area (Å²) < 4.78 is 0. The van der Waals surface area contributed by atoms with Gasteiger partial charge in [-0.1, -0.05) is 54.9 Å². The van der Waals surface area contributed by atoms with Gasteiger partial charge in [-0.25, -0.2) is 0 Å². The minimum Gasteiger partial charge on any atom is -0.481 e. The molecule has 0 aromatic rings. The summed E-state index contributed by atoms with van der Waals surface area (Å²) in [7, 11) is 0. The SMILES string of the molecule is CC(CCC(CCCC(C)(C)C)C(=O)O)CC(C)(C)C. The Kier molecular flexibility index (Phi) is 7.83. The van der Waals surface area contributed by atoms with Crippen LogP contribution in [0.5, 0.6) is 0 Å². The summed E-state index contributed by atoms with van der Waals surface area (Å²) in [6.07, 6.45) is 5.99. The second-order valence-electron chi connectivity index (χ2n) is 8.94. The lowest BCUT2D eigenvalue weighted by Crippen LogP contribution is -2.17. The van der Waals surface area contributed by atoms with E-state index in [1.54, 1.807) is 0 Å². The van der Waals surface area contributed by atoms with Gasteiger partial charge in [0, 0.05) is 0 Å². The Balaban J connectivity index is 4.13. The molecule has 20 heavy (non-hydrogen) atoms. The third-order valence-electron chi connectivity index (χ3n) is 3.80. The van der Waals surface area contributed by atoms with Crippen LogP contribution in [-0.2, 0) is 4.79 Å². The van der Waals surface area contributed by atoms with Crippen molar-refractivity contribution in [2.24, 2.45) is 22.7 Å². The molecule has 0 aromatic carbocycles. The van der Waals surface area contributed by atoms with Gasteiger partial charge in [0.25, 0.3) is 0 Å². The van der Waals surface area contributed by atoms with Gasteiger partial charge < -0.3 is 5.11 Å². The predicted molar refractivity (Wildman–Crippen MR) is 86.9 cm³/mol. The quantitative estimate of drug-likeness (QED) is 0.615. The monoisotopic (exact) mass is 284 g/mol. The average molecular weight is 284 g/mol. The third kappa shape index (κ3) is 11.3. The van der Waals surface area contributed by atoms with E-state index in [2.05, 4.69) is 48.5 Å². The van der Waals surface area contributed by atoms with Gasteiger partial charge in [0.05, 0.1) is 5.92 Å². The number of hydrogen-bond acceptors (Lipinski definition) is 1. The summed E-state index contributed by atoms with van der Waals surface area (Å²) in [6, 6.07) is 0. The Morgan fingerprint density at radius 3 is 1.90 bits per heavy atom. The second-order valence-corrected chi connectivity index (χ2v) is 8.94. The number of carboxylic acid groups (broad SMARTS) is 1. The summed E-state index contributed by atoms with van der Waals surface area (Å²) in [5, 5.41) is 9.35. The number of carboxylic acids is 1. The van der Waals surface area contributed by atoms with E-state index in [1.165, 1.54) is 6.42 Å². The molecule has 0 bridgehead atoms. The molecule has 2 nitrogen and oxygen atoms in total. The minimum atomic E-state index is -0.609. The maximum Gasteiger partial charge on any atom is 0.306 e. The molecule has 0 aliphatic rings. The summed E-state index contributed by atoms with van der Waals surface area (Å²) in [6.45, 7) is 15.7. The third-order valence-corrected chi connectivity index (χ3v) is 3.80. The lowest BCUT2D eigenvalue weighted by molar-refractivity contribution is -0.142. The van der Waals surface area contributed by atoms with E-state index in [0.717, 1.165) is 32.1 Å². The molecule has 0 saturated heterocycles. The van der Waals surface area contributed by atoms with E-state index in [9.17, 15) is 9.90 Å². The van der Waals surface area contributed by atoms with Gasteiger partial charge in [0.2, 0.25) is 0 Å². The van der Waals surface area contributed by atoms with E-state index < -0.39 is 5.97 Å². The summed E-state index contributed by atoms with van der Waals surface area (Å²) >= 11 is 0. The molecule has 1 N–H and O–H groups in total. The zero-order valence-corrected chi connectivity index (χ0v) is 14.8. The number of carbonyl (C=O) groups is 1. The fourth-order valence-corrected chi connectivity index (χ4v) is 2.90. The van der Waals surface area contributed by atoms with Crippen LogP contribution in [0.2, 0.25) is 0 Å². The summed E-state index contributed by atoms with van der Waals surface area (Å²) in [5.74, 6) is -0.152. The Bertz CT molecular complexity index is 281. The van der Waals surface area contributed by atoms with Crippen LogP contribution < -0.4 is 0 Å². The van der Waals surface area contributed by atoms with Gasteiger partial charge in [0.15, 0.2) is 0 Å². The molecule has 0 amide bonds. The fourth-order valence-electron chi connectivity index (χ4n) is 2.90. The van der Waals surface area contributed by atoms with Crippen LogP contribution in [0.15, 0.2) is 0 Å². The molecular weight excluding hydrogens is 248 g/mol. The van der Waals surface area contributed by atoms with Gasteiger partial charge >= 0.3 is 5.97 Å². The highest BCUT2D eigenvalue weighted by Crippen LogP contribution is 2.29. The largest absolute Gasteiger partial charge is 0.481 e. The predicted octanol–water partition coefficient (Wildman–Crippen LogP) is 5.76. The molecule has 0 rings (SSSR count). The van der Waals surface area contributed by atoms with Crippen LogP contribution >= 0.6 is 0 Å². The smallest absolute Gasteiger partial charge is 0.306 e. The number of rotatable bonds is 8. The first-order valence-electron chi connectivity index (χ1n) is 8.13. The van der Waals surface area contributed by atoms with Crippen molar-refractivity contribution in [1.29, 1.82) is 0 Å². The van der Waals surface area contributed by atoms with Crippen LogP contribution in [0.4, 0.5) is 0 Å². The Morgan fingerprint density at radius 1 is 0.950 bits per heavy atom. The Labute approximate surface area is 126 Å². The highest BCUT2D eigenvalue weighted by molar-refractivity contribution is 5.69. The van der Waals surface area contributed by atoms with E-state index in [0.29, 0.717) is 16.7 Å².